The molecule has 1 aliphatic rings. The number of alkyl halides is 1. The van der Waals surface area contributed by atoms with Crippen LogP contribution in [-0.4, -0.2) is 16.3 Å². The summed E-state index contributed by atoms with van der Waals surface area (Å²) in [6.45, 7) is 0. The van der Waals surface area contributed by atoms with Gasteiger partial charge in [-0.05, 0) is 0 Å². The molecule has 1 aliphatic carbocycles. The summed E-state index contributed by atoms with van der Waals surface area (Å²) in [5.41, 5.74) is 0. The molecule has 0 aromatic rings. The first-order chi connectivity index (χ1) is 3.75. The van der Waals surface area contributed by atoms with Crippen LogP contribution in [-0.2, 0) is 0 Å². The molecule has 0 unspecified atom stereocenters. The number of halogens is 1. The molecule has 0 aliphatic heterocycles. The van der Waals surface area contributed by atoms with Gasteiger partial charge in [-0.1, -0.05) is 15.9 Å². The fourth-order valence-electron chi connectivity index (χ4n) is 0.656. The Kier molecular flexibility index (Phi) is 1.51. The summed E-state index contributed by atoms with van der Waals surface area (Å²) < 4.78 is 0. The minimum Gasteiger partial charge on any atom is -0.264 e. The van der Waals surface area contributed by atoms with Crippen molar-refractivity contribution >= 4 is 15.9 Å². The molecule has 0 bridgehead atoms. The molecule has 0 N–H and O–H groups in total. The highest BCUT2D eigenvalue weighted by Gasteiger charge is 2.46. The van der Waals surface area contributed by atoms with Crippen molar-refractivity contribution in [3.63, 3.8) is 0 Å². The molecule has 1 fully saturated rings. The van der Waals surface area contributed by atoms with Gasteiger partial charge in [0.15, 0.2) is 0 Å². The third-order valence-corrected chi connectivity index (χ3v) is 2.19. The van der Waals surface area contributed by atoms with Gasteiger partial charge in [0.05, 0.1) is 0 Å². The second kappa shape index (κ2) is 2.01. The molecule has 1 saturated carbocycles. The Labute approximate surface area is 55.3 Å². The Bertz CT molecular complexity index is 117. The Morgan fingerprint density at radius 2 is 2.50 bits per heavy atom. The van der Waals surface area contributed by atoms with E-state index in [1.54, 1.807) is 0 Å². The van der Waals surface area contributed by atoms with Gasteiger partial charge >= 0.3 is 0 Å². The Morgan fingerprint density at radius 1 is 1.88 bits per heavy atom. The molecule has 0 aromatic carbocycles. The molecule has 2 atom stereocenters. The van der Waals surface area contributed by atoms with E-state index in [0.29, 0.717) is 5.92 Å². The van der Waals surface area contributed by atoms with Gasteiger partial charge in [-0.15, -0.1) is 0 Å². The van der Waals surface area contributed by atoms with Crippen LogP contribution in [0, 0.1) is 16.0 Å². The maximum Gasteiger partial charge on any atom is 0.217 e. The van der Waals surface area contributed by atoms with Crippen molar-refractivity contribution in [1.29, 1.82) is 0 Å². The van der Waals surface area contributed by atoms with Crippen molar-refractivity contribution in [3.8, 4) is 0 Å². The largest absolute Gasteiger partial charge is 0.264 e. The van der Waals surface area contributed by atoms with Gasteiger partial charge in [0, 0.05) is 22.6 Å². The van der Waals surface area contributed by atoms with Crippen molar-refractivity contribution in [2.45, 2.75) is 12.5 Å². The van der Waals surface area contributed by atoms with Gasteiger partial charge in [0.25, 0.3) is 0 Å². The maximum atomic E-state index is 9.92. The Balaban J connectivity index is 2.26. The Hall–Kier alpha value is -0.120. The van der Waals surface area contributed by atoms with Crippen LogP contribution in [0.4, 0.5) is 0 Å². The normalized spacial score (nSPS) is 34.6. The minimum absolute atomic E-state index is 0.202. The van der Waals surface area contributed by atoms with E-state index in [-0.39, 0.29) is 11.0 Å². The summed E-state index contributed by atoms with van der Waals surface area (Å²) in [6.07, 6.45) is 0.762. The third kappa shape index (κ3) is 0.992. The minimum atomic E-state index is -0.241. The highest BCUT2D eigenvalue weighted by molar-refractivity contribution is 9.09. The average Bonchev–Trinajstić information content (AvgIpc) is 2.42. The van der Waals surface area contributed by atoms with Crippen molar-refractivity contribution in [2.75, 3.05) is 5.33 Å². The van der Waals surface area contributed by atoms with E-state index in [1.165, 1.54) is 0 Å². The van der Waals surface area contributed by atoms with E-state index in [9.17, 15) is 10.1 Å². The zero-order valence-corrected chi connectivity index (χ0v) is 5.80. The summed E-state index contributed by atoms with van der Waals surface area (Å²) in [5, 5.41) is 10.7. The summed E-state index contributed by atoms with van der Waals surface area (Å²) in [4.78, 5) is 9.71. The molecule has 8 heavy (non-hydrogen) atoms. The van der Waals surface area contributed by atoms with Crippen molar-refractivity contribution in [1.82, 2.24) is 0 Å². The molecule has 0 amide bonds. The van der Waals surface area contributed by atoms with E-state index in [4.69, 9.17) is 0 Å². The third-order valence-electron chi connectivity index (χ3n) is 1.35. The number of hydrogen-bond acceptors (Lipinski definition) is 2. The van der Waals surface area contributed by atoms with Crippen molar-refractivity contribution < 1.29 is 4.92 Å². The number of hydrogen-bond donors (Lipinski definition) is 0. The molecule has 46 valence electrons. The molecular weight excluding hydrogens is 174 g/mol. The first-order valence-corrected chi connectivity index (χ1v) is 3.57. The summed E-state index contributed by atoms with van der Waals surface area (Å²) >= 11 is 3.18. The monoisotopic (exact) mass is 179 g/mol. The zero-order valence-electron chi connectivity index (χ0n) is 4.21. The SMILES string of the molecule is O=[N+]([O-])[C@H]1C[C@@H]1CBr. The van der Waals surface area contributed by atoms with Gasteiger partial charge in [-0.3, -0.25) is 10.1 Å². The lowest BCUT2D eigenvalue weighted by Crippen LogP contribution is -2.03. The average molecular weight is 180 g/mol. The molecule has 4 heteroatoms. The standard InChI is InChI=1S/C4H6BrNO2/c5-2-3-1-4(3)6(7)8/h3-4H,1-2H2/t3-,4+/m1/s1. The van der Waals surface area contributed by atoms with Crippen LogP contribution in [0.25, 0.3) is 0 Å². The van der Waals surface area contributed by atoms with Crippen LogP contribution >= 0.6 is 15.9 Å². The number of nitro groups is 1. The molecule has 0 radical (unpaired) electrons. The quantitative estimate of drug-likeness (QED) is 0.362. The van der Waals surface area contributed by atoms with Gasteiger partial charge < -0.3 is 0 Å². The molecule has 3 nitrogen and oxygen atoms in total. The van der Waals surface area contributed by atoms with Crippen LogP contribution in [0.15, 0.2) is 0 Å². The van der Waals surface area contributed by atoms with Gasteiger partial charge in [-0.25, -0.2) is 0 Å². The fourth-order valence-corrected chi connectivity index (χ4v) is 1.35. The van der Waals surface area contributed by atoms with Gasteiger partial charge in [0.1, 0.15) is 0 Å². The number of rotatable bonds is 2. The molecular formula is C4H6BrNO2. The van der Waals surface area contributed by atoms with Crippen LogP contribution < -0.4 is 0 Å². The van der Waals surface area contributed by atoms with Gasteiger partial charge in [0.2, 0.25) is 6.04 Å². The van der Waals surface area contributed by atoms with Crippen molar-refractivity contribution in [2.24, 2.45) is 5.92 Å². The molecule has 0 heterocycles. The van der Waals surface area contributed by atoms with Crippen LogP contribution in [0.5, 0.6) is 0 Å². The van der Waals surface area contributed by atoms with E-state index in [1.807, 2.05) is 0 Å². The summed E-state index contributed by atoms with van der Waals surface area (Å²) in [7, 11) is 0. The second-order valence-corrected chi connectivity index (χ2v) is 2.65. The molecule has 0 saturated heterocycles. The van der Waals surface area contributed by atoms with E-state index in [0.717, 1.165) is 11.8 Å². The van der Waals surface area contributed by atoms with Gasteiger partial charge in [-0.2, -0.15) is 0 Å². The predicted octanol–water partition coefficient (Wildman–Crippen LogP) is 1.05. The first-order valence-electron chi connectivity index (χ1n) is 2.45. The van der Waals surface area contributed by atoms with Crippen LogP contribution in [0.2, 0.25) is 0 Å². The lowest BCUT2D eigenvalue weighted by molar-refractivity contribution is -0.497. The zero-order chi connectivity index (χ0) is 6.15. The molecule has 0 spiro atoms. The highest BCUT2D eigenvalue weighted by atomic mass is 79.9. The first kappa shape index (κ1) is 6.01. The van der Waals surface area contributed by atoms with E-state index >= 15 is 0 Å². The van der Waals surface area contributed by atoms with Crippen molar-refractivity contribution in [3.05, 3.63) is 10.1 Å². The van der Waals surface area contributed by atoms with Crippen LogP contribution in [0.3, 0.4) is 0 Å². The summed E-state index contributed by atoms with van der Waals surface area (Å²) in [5.74, 6) is 0.310. The molecule has 1 rings (SSSR count). The lowest BCUT2D eigenvalue weighted by atomic mass is 10.5. The predicted molar refractivity (Wildman–Crippen MR) is 32.7 cm³/mol. The maximum absolute atomic E-state index is 9.92. The smallest absolute Gasteiger partial charge is 0.217 e. The van der Waals surface area contributed by atoms with E-state index < -0.39 is 0 Å². The van der Waals surface area contributed by atoms with Crippen LogP contribution in [0.1, 0.15) is 6.42 Å². The second-order valence-electron chi connectivity index (χ2n) is 2.00. The van der Waals surface area contributed by atoms with E-state index in [2.05, 4.69) is 15.9 Å². The lowest BCUT2D eigenvalue weighted by Gasteiger charge is -1.83. The number of nitrogens with zero attached hydrogens (tertiary/aromatic N) is 1. The Morgan fingerprint density at radius 3 is 2.62 bits per heavy atom. The topological polar surface area (TPSA) is 43.1 Å². The molecule has 0 aromatic heterocycles. The summed E-state index contributed by atoms with van der Waals surface area (Å²) in [6, 6.07) is -0.241. The fraction of sp³-hybridized carbons (Fsp3) is 1.00. The highest BCUT2D eigenvalue weighted by Crippen LogP contribution is 2.34.